The number of likely N-dealkylation sites (tertiary alicyclic amines) is 2. The third-order valence-electron chi connectivity index (χ3n) is 4.81. The Kier molecular flexibility index (Phi) is 5.22. The van der Waals surface area contributed by atoms with Crippen molar-refractivity contribution in [3.05, 3.63) is 0 Å². The van der Waals surface area contributed by atoms with Crippen molar-refractivity contribution in [2.75, 3.05) is 19.6 Å². The summed E-state index contributed by atoms with van der Waals surface area (Å²) in [5.41, 5.74) is 5.98. The average Bonchev–Trinajstić information content (AvgIpc) is 2.41. The van der Waals surface area contributed by atoms with Crippen LogP contribution in [0, 0.1) is 0 Å². The highest BCUT2D eigenvalue weighted by molar-refractivity contribution is 5.78. The van der Waals surface area contributed by atoms with Crippen LogP contribution in [-0.4, -0.2) is 53.5 Å². The van der Waals surface area contributed by atoms with Crippen molar-refractivity contribution >= 4 is 5.91 Å². The lowest BCUT2D eigenvalue weighted by molar-refractivity contribution is -0.137. The molecule has 2 rings (SSSR count). The van der Waals surface area contributed by atoms with Gasteiger partial charge in [-0.2, -0.15) is 0 Å². The number of carbonyl (C=O) groups is 1. The molecule has 0 radical (unpaired) electrons. The van der Waals surface area contributed by atoms with E-state index in [1.165, 1.54) is 19.3 Å². The van der Waals surface area contributed by atoms with E-state index in [4.69, 9.17) is 5.73 Å². The van der Waals surface area contributed by atoms with Gasteiger partial charge in [-0.15, -0.1) is 0 Å². The number of carbonyl (C=O) groups excluding carboxylic acids is 1. The average molecular weight is 267 g/mol. The summed E-state index contributed by atoms with van der Waals surface area (Å²) in [7, 11) is 0. The molecule has 0 aromatic rings. The first kappa shape index (κ1) is 14.8. The predicted molar refractivity (Wildman–Crippen MR) is 77.9 cm³/mol. The van der Waals surface area contributed by atoms with Crippen LogP contribution in [0.2, 0.25) is 0 Å². The fourth-order valence-electron chi connectivity index (χ4n) is 3.51. The monoisotopic (exact) mass is 267 g/mol. The van der Waals surface area contributed by atoms with Crippen molar-refractivity contribution in [2.45, 2.75) is 70.5 Å². The lowest BCUT2D eigenvalue weighted by Crippen LogP contribution is -2.52. The van der Waals surface area contributed by atoms with E-state index in [1.807, 2.05) is 0 Å². The Hall–Kier alpha value is -0.610. The summed E-state index contributed by atoms with van der Waals surface area (Å²) in [6.45, 7) is 6.90. The van der Waals surface area contributed by atoms with Gasteiger partial charge in [0.05, 0.1) is 6.54 Å². The summed E-state index contributed by atoms with van der Waals surface area (Å²) in [4.78, 5) is 17.0. The van der Waals surface area contributed by atoms with E-state index in [9.17, 15) is 4.79 Å². The molecule has 3 atom stereocenters. The second kappa shape index (κ2) is 6.71. The Labute approximate surface area is 117 Å². The Bertz CT molecular complexity index is 308. The van der Waals surface area contributed by atoms with Gasteiger partial charge in [-0.25, -0.2) is 0 Å². The number of rotatable bonds is 3. The molecule has 4 heteroatoms. The molecule has 0 saturated carbocycles. The van der Waals surface area contributed by atoms with Crippen LogP contribution in [0.15, 0.2) is 0 Å². The maximum Gasteiger partial charge on any atom is 0.237 e. The fourth-order valence-corrected chi connectivity index (χ4v) is 3.51. The fraction of sp³-hybridized carbons (Fsp3) is 0.933. The molecule has 2 saturated heterocycles. The van der Waals surface area contributed by atoms with Crippen molar-refractivity contribution in [2.24, 2.45) is 5.73 Å². The van der Waals surface area contributed by atoms with Crippen LogP contribution in [0.3, 0.4) is 0 Å². The molecule has 1 amide bonds. The highest BCUT2D eigenvalue weighted by atomic mass is 16.2. The Morgan fingerprint density at radius 2 is 2.05 bits per heavy atom. The molecule has 4 nitrogen and oxygen atoms in total. The first-order chi connectivity index (χ1) is 9.11. The topological polar surface area (TPSA) is 49.6 Å². The van der Waals surface area contributed by atoms with Crippen LogP contribution in [0.25, 0.3) is 0 Å². The molecule has 2 N–H and O–H groups in total. The molecule has 0 bridgehead atoms. The Morgan fingerprint density at radius 3 is 2.74 bits per heavy atom. The van der Waals surface area contributed by atoms with Gasteiger partial charge in [0.25, 0.3) is 0 Å². The van der Waals surface area contributed by atoms with Crippen LogP contribution < -0.4 is 5.73 Å². The number of nitrogens with zero attached hydrogens (tertiary/aromatic N) is 2. The van der Waals surface area contributed by atoms with Crippen LogP contribution >= 0.6 is 0 Å². The van der Waals surface area contributed by atoms with E-state index in [1.54, 1.807) is 0 Å². The zero-order valence-electron chi connectivity index (χ0n) is 12.5. The van der Waals surface area contributed by atoms with Gasteiger partial charge in [0.1, 0.15) is 0 Å². The zero-order valence-corrected chi connectivity index (χ0v) is 12.5. The van der Waals surface area contributed by atoms with Crippen molar-refractivity contribution in [3.8, 4) is 0 Å². The van der Waals surface area contributed by atoms with Gasteiger partial charge in [-0.1, -0.05) is 6.92 Å². The smallest absolute Gasteiger partial charge is 0.237 e. The maximum absolute atomic E-state index is 12.5. The second-order valence-electron chi connectivity index (χ2n) is 6.25. The molecule has 2 aliphatic heterocycles. The van der Waals surface area contributed by atoms with E-state index >= 15 is 0 Å². The van der Waals surface area contributed by atoms with E-state index < -0.39 is 0 Å². The quantitative estimate of drug-likeness (QED) is 0.845. The first-order valence-corrected chi connectivity index (χ1v) is 7.91. The summed E-state index contributed by atoms with van der Waals surface area (Å²) < 4.78 is 0. The van der Waals surface area contributed by atoms with E-state index in [2.05, 4.69) is 23.6 Å². The normalized spacial score (nSPS) is 33.4. The lowest BCUT2D eigenvalue weighted by Gasteiger charge is -2.40. The molecule has 0 aliphatic carbocycles. The summed E-state index contributed by atoms with van der Waals surface area (Å²) >= 11 is 0. The van der Waals surface area contributed by atoms with Crippen molar-refractivity contribution in [1.82, 2.24) is 9.80 Å². The molecule has 19 heavy (non-hydrogen) atoms. The van der Waals surface area contributed by atoms with Crippen molar-refractivity contribution < 1.29 is 4.79 Å². The standard InChI is InChI=1S/C15H29N3O/c1-3-14-6-4-5-8-18(14)15(19)11-17-9-7-13(16)10-12(17)2/h12-14H,3-11,16H2,1-2H3. The third-order valence-corrected chi connectivity index (χ3v) is 4.81. The van der Waals surface area contributed by atoms with E-state index in [0.717, 1.165) is 32.4 Å². The molecule has 0 aromatic carbocycles. The Balaban J connectivity index is 1.89. The Morgan fingerprint density at radius 1 is 1.26 bits per heavy atom. The maximum atomic E-state index is 12.5. The lowest BCUT2D eigenvalue weighted by atomic mass is 9.98. The molecule has 2 fully saturated rings. The van der Waals surface area contributed by atoms with Gasteiger partial charge in [0.2, 0.25) is 5.91 Å². The summed E-state index contributed by atoms with van der Waals surface area (Å²) in [6, 6.07) is 1.24. The van der Waals surface area contributed by atoms with Gasteiger partial charge < -0.3 is 10.6 Å². The SMILES string of the molecule is CCC1CCCCN1C(=O)CN1CCC(N)CC1C. The van der Waals surface area contributed by atoms with Crippen LogP contribution in [0.5, 0.6) is 0 Å². The van der Waals surface area contributed by atoms with Gasteiger partial charge in [0.15, 0.2) is 0 Å². The highest BCUT2D eigenvalue weighted by Crippen LogP contribution is 2.21. The van der Waals surface area contributed by atoms with Gasteiger partial charge in [-0.3, -0.25) is 9.69 Å². The molecule has 0 spiro atoms. The second-order valence-corrected chi connectivity index (χ2v) is 6.25. The minimum atomic E-state index is 0.319. The summed E-state index contributed by atoms with van der Waals surface area (Å²) in [5, 5.41) is 0. The van der Waals surface area contributed by atoms with Gasteiger partial charge in [-0.05, 0) is 45.4 Å². The van der Waals surface area contributed by atoms with Crippen LogP contribution in [0.1, 0.15) is 52.4 Å². The van der Waals surface area contributed by atoms with Gasteiger partial charge in [0, 0.05) is 31.2 Å². The largest absolute Gasteiger partial charge is 0.339 e. The number of nitrogens with two attached hydrogens (primary N) is 1. The first-order valence-electron chi connectivity index (χ1n) is 7.91. The van der Waals surface area contributed by atoms with Crippen molar-refractivity contribution in [1.29, 1.82) is 0 Å². The van der Waals surface area contributed by atoms with Gasteiger partial charge >= 0.3 is 0 Å². The molecular formula is C15H29N3O. The molecule has 2 aliphatic rings. The number of hydrogen-bond donors (Lipinski definition) is 1. The number of hydrogen-bond acceptors (Lipinski definition) is 3. The molecule has 0 aromatic heterocycles. The van der Waals surface area contributed by atoms with E-state index in [-0.39, 0.29) is 0 Å². The minimum Gasteiger partial charge on any atom is -0.339 e. The van der Waals surface area contributed by atoms with Crippen molar-refractivity contribution in [3.63, 3.8) is 0 Å². The summed E-state index contributed by atoms with van der Waals surface area (Å²) in [6.07, 6.45) is 6.76. The minimum absolute atomic E-state index is 0.319. The van der Waals surface area contributed by atoms with E-state index in [0.29, 0.717) is 30.6 Å². The molecular weight excluding hydrogens is 238 g/mol. The zero-order chi connectivity index (χ0) is 13.8. The molecule has 3 unspecified atom stereocenters. The number of amides is 1. The highest BCUT2D eigenvalue weighted by Gasteiger charge is 2.29. The molecule has 110 valence electrons. The summed E-state index contributed by atoms with van der Waals surface area (Å²) in [5.74, 6) is 0.328. The number of piperidine rings is 2. The predicted octanol–water partition coefficient (Wildman–Crippen LogP) is 1.59. The van der Waals surface area contributed by atoms with Crippen LogP contribution in [-0.2, 0) is 4.79 Å². The molecule has 2 heterocycles. The van der Waals surface area contributed by atoms with Crippen LogP contribution in [0.4, 0.5) is 0 Å². The third kappa shape index (κ3) is 3.69.